The van der Waals surface area contributed by atoms with Crippen molar-refractivity contribution in [2.75, 3.05) is 23.9 Å². The van der Waals surface area contributed by atoms with Crippen molar-refractivity contribution in [3.05, 3.63) is 11.9 Å². The second kappa shape index (κ2) is 5.19. The fraction of sp³-hybridized carbons (Fsp3) is 0.583. The highest BCUT2D eigenvalue weighted by Crippen LogP contribution is 2.39. The van der Waals surface area contributed by atoms with Gasteiger partial charge in [-0.25, -0.2) is 15.8 Å². The maximum absolute atomic E-state index is 8.84. The Hall–Kier alpha value is -1.87. The first kappa shape index (κ1) is 12.6. The molecule has 6 nitrogen and oxygen atoms in total. The van der Waals surface area contributed by atoms with Crippen LogP contribution in [0.5, 0.6) is 0 Å². The Balaban J connectivity index is 2.20. The fourth-order valence-corrected chi connectivity index (χ4v) is 1.79. The van der Waals surface area contributed by atoms with Crippen LogP contribution in [0, 0.1) is 17.2 Å². The molecule has 0 bridgehead atoms. The molecule has 1 aromatic heterocycles. The van der Waals surface area contributed by atoms with Crippen molar-refractivity contribution in [3.8, 4) is 6.07 Å². The molecule has 0 amide bonds. The Morgan fingerprint density at radius 2 is 2.33 bits per heavy atom. The van der Waals surface area contributed by atoms with Gasteiger partial charge < -0.3 is 10.3 Å². The van der Waals surface area contributed by atoms with E-state index in [9.17, 15) is 0 Å². The van der Waals surface area contributed by atoms with Crippen LogP contribution in [0.4, 0.5) is 11.6 Å². The molecule has 1 unspecified atom stereocenters. The zero-order valence-corrected chi connectivity index (χ0v) is 10.7. The smallest absolute Gasteiger partial charge is 0.145 e. The van der Waals surface area contributed by atoms with Crippen LogP contribution >= 0.6 is 0 Å². The van der Waals surface area contributed by atoms with Crippen LogP contribution in [0.2, 0.25) is 0 Å². The number of anilines is 2. The average molecular weight is 246 g/mol. The molecular formula is C12H18N6. The van der Waals surface area contributed by atoms with Gasteiger partial charge in [0.15, 0.2) is 0 Å². The Kier molecular flexibility index (Phi) is 3.63. The number of nitrogen functional groups attached to an aromatic ring is 1. The Labute approximate surface area is 107 Å². The molecule has 0 aliphatic heterocycles. The van der Waals surface area contributed by atoms with Crippen LogP contribution in [-0.2, 0) is 0 Å². The lowest BCUT2D eigenvalue weighted by Gasteiger charge is -2.20. The molecule has 1 atom stereocenters. The summed E-state index contributed by atoms with van der Waals surface area (Å²) in [6.07, 6.45) is 2.29. The van der Waals surface area contributed by atoms with Crippen molar-refractivity contribution in [3.63, 3.8) is 0 Å². The van der Waals surface area contributed by atoms with Crippen LogP contribution in [0.3, 0.4) is 0 Å². The van der Waals surface area contributed by atoms with Gasteiger partial charge in [0.2, 0.25) is 0 Å². The SMILES string of the molecule is CC(C#N)CN(C)c1cc(NN)nc(C2CC2)n1. The number of nitrogens with two attached hydrogens (primary N) is 1. The van der Waals surface area contributed by atoms with Crippen LogP contribution in [-0.4, -0.2) is 23.6 Å². The normalized spacial score (nSPS) is 15.9. The van der Waals surface area contributed by atoms with Crippen LogP contribution in [0.15, 0.2) is 6.07 Å². The molecule has 0 aromatic carbocycles. The van der Waals surface area contributed by atoms with Crippen molar-refractivity contribution in [1.29, 1.82) is 5.26 Å². The summed E-state index contributed by atoms with van der Waals surface area (Å²) in [7, 11) is 1.92. The highest BCUT2D eigenvalue weighted by atomic mass is 15.3. The molecule has 1 heterocycles. The highest BCUT2D eigenvalue weighted by Gasteiger charge is 2.27. The molecule has 3 N–H and O–H groups in total. The number of hydrogen-bond donors (Lipinski definition) is 2. The van der Waals surface area contributed by atoms with E-state index in [-0.39, 0.29) is 5.92 Å². The van der Waals surface area contributed by atoms with E-state index in [4.69, 9.17) is 11.1 Å². The highest BCUT2D eigenvalue weighted by molar-refractivity contribution is 5.49. The molecule has 1 aromatic rings. The number of nitrogens with zero attached hydrogens (tertiary/aromatic N) is 4. The van der Waals surface area contributed by atoms with E-state index in [1.165, 1.54) is 0 Å². The summed E-state index contributed by atoms with van der Waals surface area (Å²) in [6, 6.07) is 4.02. The van der Waals surface area contributed by atoms with Crippen LogP contribution < -0.4 is 16.2 Å². The first-order valence-electron chi connectivity index (χ1n) is 6.10. The predicted octanol–water partition coefficient (Wildman–Crippen LogP) is 1.24. The van der Waals surface area contributed by atoms with Crippen molar-refractivity contribution in [2.24, 2.45) is 11.8 Å². The average Bonchev–Trinajstić information content (AvgIpc) is 3.22. The zero-order chi connectivity index (χ0) is 13.1. The summed E-state index contributed by atoms with van der Waals surface area (Å²) in [5.74, 6) is 8.13. The predicted molar refractivity (Wildman–Crippen MR) is 69.9 cm³/mol. The largest absolute Gasteiger partial charge is 0.358 e. The molecule has 1 aliphatic rings. The minimum atomic E-state index is -0.0383. The number of hydrogen-bond acceptors (Lipinski definition) is 6. The molecule has 0 radical (unpaired) electrons. The summed E-state index contributed by atoms with van der Waals surface area (Å²) in [5, 5.41) is 8.84. The van der Waals surface area contributed by atoms with Gasteiger partial charge in [0, 0.05) is 25.6 Å². The van der Waals surface area contributed by atoms with Crippen LogP contribution in [0.1, 0.15) is 31.5 Å². The van der Waals surface area contributed by atoms with Crippen molar-refractivity contribution < 1.29 is 0 Å². The van der Waals surface area contributed by atoms with E-state index in [1.807, 2.05) is 18.9 Å². The third kappa shape index (κ3) is 2.87. The minimum Gasteiger partial charge on any atom is -0.358 e. The second-order valence-corrected chi connectivity index (χ2v) is 4.80. The maximum atomic E-state index is 8.84. The Morgan fingerprint density at radius 3 is 2.89 bits per heavy atom. The third-order valence-corrected chi connectivity index (χ3v) is 2.98. The van der Waals surface area contributed by atoms with Gasteiger partial charge in [-0.05, 0) is 19.8 Å². The molecule has 1 saturated carbocycles. The van der Waals surface area contributed by atoms with E-state index in [0.717, 1.165) is 24.5 Å². The monoisotopic (exact) mass is 246 g/mol. The number of nitrogens with one attached hydrogen (secondary N) is 1. The topological polar surface area (TPSA) is 90.9 Å². The molecule has 2 rings (SSSR count). The van der Waals surface area contributed by atoms with Crippen molar-refractivity contribution in [1.82, 2.24) is 9.97 Å². The van der Waals surface area contributed by atoms with Gasteiger partial charge in [0.1, 0.15) is 17.5 Å². The lowest BCUT2D eigenvalue weighted by molar-refractivity contribution is 0.706. The first-order chi connectivity index (χ1) is 8.63. The van der Waals surface area contributed by atoms with Crippen molar-refractivity contribution >= 4 is 11.6 Å². The van der Waals surface area contributed by atoms with E-state index < -0.39 is 0 Å². The first-order valence-corrected chi connectivity index (χ1v) is 6.10. The van der Waals surface area contributed by atoms with Gasteiger partial charge in [-0.3, -0.25) is 0 Å². The molecule has 6 heteroatoms. The van der Waals surface area contributed by atoms with Gasteiger partial charge in [0.25, 0.3) is 0 Å². The summed E-state index contributed by atoms with van der Waals surface area (Å²) >= 11 is 0. The summed E-state index contributed by atoms with van der Waals surface area (Å²) in [6.45, 7) is 2.53. The number of aromatic nitrogens is 2. The molecule has 1 aliphatic carbocycles. The summed E-state index contributed by atoms with van der Waals surface area (Å²) < 4.78 is 0. The van der Waals surface area contributed by atoms with E-state index >= 15 is 0 Å². The quantitative estimate of drug-likeness (QED) is 0.600. The molecule has 0 saturated heterocycles. The summed E-state index contributed by atoms with van der Waals surface area (Å²) in [4.78, 5) is 10.9. The molecular weight excluding hydrogens is 228 g/mol. The van der Waals surface area contributed by atoms with Gasteiger partial charge in [-0.1, -0.05) is 0 Å². The zero-order valence-electron chi connectivity index (χ0n) is 10.7. The Morgan fingerprint density at radius 1 is 1.61 bits per heavy atom. The molecule has 18 heavy (non-hydrogen) atoms. The summed E-state index contributed by atoms with van der Waals surface area (Å²) in [5.41, 5.74) is 2.57. The second-order valence-electron chi connectivity index (χ2n) is 4.80. The lowest BCUT2D eigenvalue weighted by Crippen LogP contribution is -2.25. The molecule has 96 valence electrons. The number of nitriles is 1. The van der Waals surface area contributed by atoms with Gasteiger partial charge in [-0.15, -0.1) is 0 Å². The third-order valence-electron chi connectivity index (χ3n) is 2.98. The van der Waals surface area contributed by atoms with Gasteiger partial charge in [0.05, 0.1) is 12.0 Å². The van der Waals surface area contributed by atoms with E-state index in [1.54, 1.807) is 6.07 Å². The van der Waals surface area contributed by atoms with Gasteiger partial charge >= 0.3 is 0 Å². The van der Waals surface area contributed by atoms with E-state index in [0.29, 0.717) is 18.3 Å². The van der Waals surface area contributed by atoms with E-state index in [2.05, 4.69) is 21.5 Å². The van der Waals surface area contributed by atoms with Crippen LogP contribution in [0.25, 0.3) is 0 Å². The fourth-order valence-electron chi connectivity index (χ4n) is 1.79. The standard InChI is InChI=1S/C12H18N6/c1-8(6-13)7-18(2)11-5-10(17-14)15-12(16-11)9-3-4-9/h5,8-9H,3-4,7,14H2,1-2H3,(H,15,16,17). The Bertz CT molecular complexity index is 462. The minimum absolute atomic E-state index is 0.0383. The van der Waals surface area contributed by atoms with Crippen molar-refractivity contribution in [2.45, 2.75) is 25.7 Å². The lowest BCUT2D eigenvalue weighted by atomic mass is 10.2. The molecule has 1 fully saturated rings. The number of hydrazine groups is 1. The van der Waals surface area contributed by atoms with Gasteiger partial charge in [-0.2, -0.15) is 5.26 Å². The maximum Gasteiger partial charge on any atom is 0.145 e. The number of rotatable bonds is 5. The molecule has 0 spiro atoms.